The van der Waals surface area contributed by atoms with Crippen LogP contribution in [0.1, 0.15) is 38.6 Å². The maximum Gasteiger partial charge on any atom is 0.409 e. The van der Waals surface area contributed by atoms with Gasteiger partial charge in [0.25, 0.3) is 0 Å². The van der Waals surface area contributed by atoms with Crippen LogP contribution in [-0.4, -0.2) is 46.6 Å². The van der Waals surface area contributed by atoms with Gasteiger partial charge in [0.2, 0.25) is 5.91 Å². The fourth-order valence-corrected chi connectivity index (χ4v) is 2.95. The number of amides is 2. The van der Waals surface area contributed by atoms with Crippen LogP contribution in [0, 0.1) is 5.92 Å². The topological polar surface area (TPSA) is 87.3 Å². The summed E-state index contributed by atoms with van der Waals surface area (Å²) in [6.07, 6.45) is 0.825. The number of hydrogen-bond donors (Lipinski definition) is 2. The second-order valence-corrected chi connectivity index (χ2v) is 6.42. The van der Waals surface area contributed by atoms with Crippen LogP contribution in [-0.2, 0) is 9.53 Å². The van der Waals surface area contributed by atoms with Gasteiger partial charge >= 0.3 is 6.09 Å². The van der Waals surface area contributed by atoms with Crippen molar-refractivity contribution in [3.8, 4) is 0 Å². The van der Waals surface area contributed by atoms with Gasteiger partial charge in [-0.3, -0.25) is 4.79 Å². The van der Waals surface area contributed by atoms with Crippen molar-refractivity contribution in [2.24, 2.45) is 5.92 Å². The average Bonchev–Trinajstić information content (AvgIpc) is 3.22. The molecular weight excluding hydrogens is 320 g/mol. The maximum absolute atomic E-state index is 12.4. The number of fused-ring (bicyclic) bond motifs is 1. The summed E-state index contributed by atoms with van der Waals surface area (Å²) >= 11 is 0. The predicted molar refractivity (Wildman–Crippen MR) is 94.0 cm³/mol. The van der Waals surface area contributed by atoms with Crippen LogP contribution in [0.5, 0.6) is 0 Å². The molecule has 1 aromatic carbocycles. The van der Waals surface area contributed by atoms with Crippen molar-refractivity contribution in [3.05, 3.63) is 30.1 Å². The van der Waals surface area contributed by atoms with Crippen molar-refractivity contribution < 1.29 is 14.3 Å². The molecule has 1 aliphatic rings. The summed E-state index contributed by atoms with van der Waals surface area (Å²) in [4.78, 5) is 33.3. The molecule has 1 aromatic heterocycles. The summed E-state index contributed by atoms with van der Waals surface area (Å²) in [5.74, 6) is 0.913. The van der Waals surface area contributed by atoms with E-state index in [1.165, 1.54) is 0 Å². The van der Waals surface area contributed by atoms with Crippen molar-refractivity contribution in [1.82, 2.24) is 20.2 Å². The molecule has 1 fully saturated rings. The molecule has 134 valence electrons. The largest absolute Gasteiger partial charge is 0.448 e. The lowest BCUT2D eigenvalue weighted by Gasteiger charge is -2.23. The number of aromatic amines is 1. The molecule has 0 saturated carbocycles. The monoisotopic (exact) mass is 344 g/mol. The number of benzene rings is 1. The Morgan fingerprint density at radius 1 is 1.44 bits per heavy atom. The molecule has 2 unspecified atom stereocenters. The van der Waals surface area contributed by atoms with Crippen LogP contribution in [0.15, 0.2) is 24.3 Å². The standard InChI is InChI=1S/C18H24N4O3/c1-3-12(2)16(17-19-13-6-4-5-7-14(13)20-17)21-15(23)8-9-22-10-11-25-18(22)24/h4-7,12,16H,3,8-11H2,1-2H3,(H,19,20)(H,21,23). The molecule has 2 N–H and O–H groups in total. The highest BCUT2D eigenvalue weighted by Gasteiger charge is 2.25. The summed E-state index contributed by atoms with van der Waals surface area (Å²) in [5, 5.41) is 3.07. The van der Waals surface area contributed by atoms with E-state index in [0.717, 1.165) is 23.3 Å². The third kappa shape index (κ3) is 3.92. The molecule has 2 amide bonds. The summed E-state index contributed by atoms with van der Waals surface area (Å²) in [5.41, 5.74) is 1.85. The number of cyclic esters (lactones) is 1. The first-order valence-corrected chi connectivity index (χ1v) is 8.74. The van der Waals surface area contributed by atoms with Gasteiger partial charge in [0.1, 0.15) is 12.4 Å². The van der Waals surface area contributed by atoms with Crippen LogP contribution in [0.3, 0.4) is 0 Å². The Morgan fingerprint density at radius 3 is 2.92 bits per heavy atom. The highest BCUT2D eigenvalue weighted by molar-refractivity contribution is 5.78. The van der Waals surface area contributed by atoms with Gasteiger partial charge in [-0.05, 0) is 18.1 Å². The van der Waals surface area contributed by atoms with E-state index in [2.05, 4.69) is 29.1 Å². The van der Waals surface area contributed by atoms with Gasteiger partial charge < -0.3 is 19.9 Å². The van der Waals surface area contributed by atoms with E-state index < -0.39 is 0 Å². The maximum atomic E-state index is 12.4. The number of hydrogen-bond acceptors (Lipinski definition) is 4. The van der Waals surface area contributed by atoms with Crippen LogP contribution >= 0.6 is 0 Å². The average molecular weight is 344 g/mol. The lowest BCUT2D eigenvalue weighted by atomic mass is 9.98. The van der Waals surface area contributed by atoms with Gasteiger partial charge in [0, 0.05) is 13.0 Å². The molecule has 1 aliphatic heterocycles. The zero-order chi connectivity index (χ0) is 17.8. The highest BCUT2D eigenvalue weighted by Crippen LogP contribution is 2.24. The normalized spacial score (nSPS) is 16.7. The molecule has 2 atom stereocenters. The molecule has 0 spiro atoms. The number of carbonyl (C=O) groups excluding carboxylic acids is 2. The fraction of sp³-hybridized carbons (Fsp3) is 0.500. The highest BCUT2D eigenvalue weighted by atomic mass is 16.6. The van der Waals surface area contributed by atoms with Gasteiger partial charge in [-0.1, -0.05) is 32.4 Å². The van der Waals surface area contributed by atoms with Crippen LogP contribution in [0.2, 0.25) is 0 Å². The number of H-pyrrole nitrogens is 1. The van der Waals surface area contributed by atoms with Crippen molar-refractivity contribution >= 4 is 23.0 Å². The molecule has 2 aromatic rings. The number of ether oxygens (including phenoxy) is 1. The number of para-hydroxylation sites is 2. The van der Waals surface area contributed by atoms with Gasteiger partial charge in [-0.15, -0.1) is 0 Å². The molecular formula is C18H24N4O3. The third-order valence-electron chi connectivity index (χ3n) is 4.69. The Balaban J connectivity index is 1.68. The van der Waals surface area contributed by atoms with Crippen molar-refractivity contribution in [1.29, 1.82) is 0 Å². The number of aromatic nitrogens is 2. The first kappa shape index (κ1) is 17.3. The lowest BCUT2D eigenvalue weighted by Crippen LogP contribution is -2.36. The quantitative estimate of drug-likeness (QED) is 0.808. The van der Waals surface area contributed by atoms with E-state index in [9.17, 15) is 9.59 Å². The van der Waals surface area contributed by atoms with E-state index in [0.29, 0.717) is 19.7 Å². The second kappa shape index (κ2) is 7.55. The van der Waals surface area contributed by atoms with E-state index in [1.807, 2.05) is 24.3 Å². The molecule has 25 heavy (non-hydrogen) atoms. The second-order valence-electron chi connectivity index (χ2n) is 6.42. The van der Waals surface area contributed by atoms with E-state index >= 15 is 0 Å². The minimum atomic E-state index is -0.344. The Hall–Kier alpha value is -2.57. The van der Waals surface area contributed by atoms with Crippen molar-refractivity contribution in [2.45, 2.75) is 32.7 Å². The minimum absolute atomic E-state index is 0.0922. The fourth-order valence-electron chi connectivity index (χ4n) is 2.95. The number of imidazole rings is 1. The van der Waals surface area contributed by atoms with Crippen LogP contribution in [0.25, 0.3) is 11.0 Å². The first-order valence-electron chi connectivity index (χ1n) is 8.74. The number of carbonyl (C=O) groups is 2. The van der Waals surface area contributed by atoms with Crippen LogP contribution in [0.4, 0.5) is 4.79 Å². The summed E-state index contributed by atoms with van der Waals surface area (Å²) in [6.45, 7) is 5.50. The molecule has 7 nitrogen and oxygen atoms in total. The van der Waals surface area contributed by atoms with Gasteiger partial charge in [0.05, 0.1) is 23.6 Å². The summed E-state index contributed by atoms with van der Waals surface area (Å²) in [7, 11) is 0. The SMILES string of the molecule is CCC(C)C(NC(=O)CCN1CCOC1=O)c1nc2ccccc2[nH]1. The van der Waals surface area contributed by atoms with Gasteiger partial charge in [-0.2, -0.15) is 0 Å². The smallest absolute Gasteiger partial charge is 0.409 e. The Bertz CT molecular complexity index is 725. The lowest BCUT2D eigenvalue weighted by molar-refractivity contribution is -0.122. The number of nitrogens with one attached hydrogen (secondary N) is 2. The van der Waals surface area contributed by atoms with Gasteiger partial charge in [-0.25, -0.2) is 9.78 Å². The summed E-state index contributed by atoms with van der Waals surface area (Å²) in [6, 6.07) is 7.63. The molecule has 0 bridgehead atoms. The van der Waals surface area contributed by atoms with Crippen LogP contribution < -0.4 is 5.32 Å². The number of nitrogens with zero attached hydrogens (tertiary/aromatic N) is 2. The Labute approximate surface area is 146 Å². The van der Waals surface area contributed by atoms with Gasteiger partial charge in [0.15, 0.2) is 0 Å². The van der Waals surface area contributed by atoms with Crippen molar-refractivity contribution in [2.75, 3.05) is 19.7 Å². The molecule has 0 aliphatic carbocycles. The first-order chi connectivity index (χ1) is 12.1. The van der Waals surface area contributed by atoms with E-state index in [1.54, 1.807) is 4.90 Å². The minimum Gasteiger partial charge on any atom is -0.448 e. The van der Waals surface area contributed by atoms with E-state index in [4.69, 9.17) is 4.74 Å². The third-order valence-corrected chi connectivity index (χ3v) is 4.69. The Kier molecular flexibility index (Phi) is 5.21. The zero-order valence-electron chi connectivity index (χ0n) is 14.6. The molecule has 7 heteroatoms. The summed E-state index contributed by atoms with van der Waals surface area (Å²) < 4.78 is 4.88. The molecule has 3 rings (SSSR count). The number of rotatable bonds is 7. The Morgan fingerprint density at radius 2 is 2.24 bits per heavy atom. The van der Waals surface area contributed by atoms with E-state index in [-0.39, 0.29) is 30.4 Å². The molecule has 1 saturated heterocycles. The molecule has 0 radical (unpaired) electrons. The molecule has 2 heterocycles. The van der Waals surface area contributed by atoms with Crippen molar-refractivity contribution in [3.63, 3.8) is 0 Å². The zero-order valence-corrected chi connectivity index (χ0v) is 14.6. The predicted octanol–water partition coefficient (Wildman–Crippen LogP) is 2.61.